The maximum absolute atomic E-state index is 13.0. The summed E-state index contributed by atoms with van der Waals surface area (Å²) in [5.74, 6) is 2.09. The van der Waals surface area contributed by atoms with Crippen LogP contribution >= 0.6 is 28.3 Å². The van der Waals surface area contributed by atoms with Gasteiger partial charge < -0.3 is 20.5 Å². The highest BCUT2D eigenvalue weighted by atomic mass is 79.9. The molecule has 8 nitrogen and oxygen atoms in total. The summed E-state index contributed by atoms with van der Waals surface area (Å²) < 4.78 is 15.9. The number of fused-ring (bicyclic) bond motifs is 2. The molecule has 3 N–H and O–H groups in total. The van der Waals surface area contributed by atoms with E-state index in [2.05, 4.69) is 112 Å². The summed E-state index contributed by atoms with van der Waals surface area (Å²) in [6.45, 7) is 6.39. The Morgan fingerprint density at radius 1 is 0.827 bits per heavy atom. The van der Waals surface area contributed by atoms with Crippen LogP contribution in [0, 0.1) is 5.92 Å². The fourth-order valence-electron chi connectivity index (χ4n) is 6.35. The van der Waals surface area contributed by atoms with Crippen LogP contribution in [0.25, 0.3) is 32.7 Å². The Labute approximate surface area is 320 Å². The number of benzene rings is 5. The predicted octanol–water partition coefficient (Wildman–Crippen LogP) is 9.30. The molecule has 1 heterocycles. The Hall–Kier alpha value is -4.44. The van der Waals surface area contributed by atoms with Gasteiger partial charge in [0.05, 0.1) is 25.8 Å². The molecule has 0 saturated carbocycles. The zero-order chi connectivity index (χ0) is 35.6. The van der Waals surface area contributed by atoms with Gasteiger partial charge in [-0.1, -0.05) is 114 Å². The molecule has 10 heteroatoms. The second-order valence-electron chi connectivity index (χ2n) is 13.4. The SMILES string of the molecule is CC(C)CCOc1ccc2ccccc2c1-c1c(OCc2cn(C[C@@H](CCCCN)NC(=O)Cc3ccc(Br)cc3)nn2)ccc2ccccc12.Cl. The Bertz CT molecular complexity index is 2070. The van der Waals surface area contributed by atoms with E-state index in [0.717, 1.165) is 79.9 Å². The van der Waals surface area contributed by atoms with E-state index in [-0.39, 0.29) is 31.0 Å². The average molecular weight is 785 g/mol. The van der Waals surface area contributed by atoms with E-state index in [9.17, 15) is 4.79 Å². The van der Waals surface area contributed by atoms with Crippen molar-refractivity contribution < 1.29 is 14.3 Å². The number of halogens is 2. The molecular formula is C42H47BrClN5O3. The number of nitrogens with zero attached hydrogens (tertiary/aromatic N) is 3. The molecule has 0 radical (unpaired) electrons. The monoisotopic (exact) mass is 783 g/mol. The van der Waals surface area contributed by atoms with Crippen LogP contribution in [0.5, 0.6) is 11.5 Å². The summed E-state index contributed by atoms with van der Waals surface area (Å²) in [7, 11) is 0. The van der Waals surface area contributed by atoms with Gasteiger partial charge in [0.2, 0.25) is 5.91 Å². The fraction of sp³-hybridized carbons (Fsp3) is 0.310. The van der Waals surface area contributed by atoms with E-state index in [1.807, 2.05) is 36.5 Å². The molecule has 0 aliphatic carbocycles. The van der Waals surface area contributed by atoms with Crippen LogP contribution in [0.15, 0.2) is 108 Å². The van der Waals surface area contributed by atoms with Gasteiger partial charge in [-0.15, -0.1) is 17.5 Å². The van der Waals surface area contributed by atoms with Gasteiger partial charge in [0.1, 0.15) is 23.8 Å². The number of rotatable bonds is 17. The van der Waals surface area contributed by atoms with Gasteiger partial charge in [-0.3, -0.25) is 9.48 Å². The molecule has 0 saturated heterocycles. The molecule has 0 unspecified atom stereocenters. The van der Waals surface area contributed by atoms with E-state index in [4.69, 9.17) is 15.2 Å². The molecule has 1 aromatic heterocycles. The van der Waals surface area contributed by atoms with Crippen LogP contribution < -0.4 is 20.5 Å². The Morgan fingerprint density at radius 2 is 1.46 bits per heavy atom. The van der Waals surface area contributed by atoms with Crippen LogP contribution in [0.3, 0.4) is 0 Å². The van der Waals surface area contributed by atoms with Gasteiger partial charge in [-0.2, -0.15) is 0 Å². The number of aromatic nitrogens is 3. The lowest BCUT2D eigenvalue weighted by molar-refractivity contribution is -0.121. The first kappa shape index (κ1) is 38.8. The largest absolute Gasteiger partial charge is 0.493 e. The number of carbonyl (C=O) groups excluding carboxylic acids is 1. The van der Waals surface area contributed by atoms with Crippen molar-refractivity contribution in [2.75, 3.05) is 13.2 Å². The van der Waals surface area contributed by atoms with Gasteiger partial charge in [-0.05, 0) is 83.1 Å². The van der Waals surface area contributed by atoms with Crippen molar-refractivity contribution in [3.63, 3.8) is 0 Å². The summed E-state index contributed by atoms with van der Waals surface area (Å²) in [6, 6.07) is 32.8. The van der Waals surface area contributed by atoms with E-state index >= 15 is 0 Å². The number of hydrogen-bond donors (Lipinski definition) is 2. The highest BCUT2D eigenvalue weighted by molar-refractivity contribution is 9.10. The van der Waals surface area contributed by atoms with Gasteiger partial charge in [0.25, 0.3) is 0 Å². The van der Waals surface area contributed by atoms with Gasteiger partial charge in [0.15, 0.2) is 0 Å². The number of amides is 1. The zero-order valence-corrected chi connectivity index (χ0v) is 32.2. The topological polar surface area (TPSA) is 104 Å². The maximum atomic E-state index is 13.0. The number of nitrogens with one attached hydrogen (secondary N) is 1. The number of hydrogen-bond acceptors (Lipinski definition) is 6. The summed E-state index contributed by atoms with van der Waals surface area (Å²) in [6.07, 6.45) is 5.77. The summed E-state index contributed by atoms with van der Waals surface area (Å²) >= 11 is 3.46. The normalized spacial score (nSPS) is 11.8. The quantitative estimate of drug-likeness (QED) is 0.0894. The van der Waals surface area contributed by atoms with E-state index in [1.165, 1.54) is 0 Å². The molecule has 6 rings (SSSR count). The van der Waals surface area contributed by atoms with Crippen LogP contribution in [-0.2, 0) is 24.4 Å². The lowest BCUT2D eigenvalue weighted by atomic mass is 9.92. The van der Waals surface area contributed by atoms with Crippen molar-refractivity contribution >= 4 is 55.8 Å². The van der Waals surface area contributed by atoms with Gasteiger partial charge in [0, 0.05) is 21.6 Å². The summed E-state index contributed by atoms with van der Waals surface area (Å²) in [4.78, 5) is 13.0. The van der Waals surface area contributed by atoms with Crippen molar-refractivity contribution in [2.24, 2.45) is 11.7 Å². The average Bonchev–Trinajstić information content (AvgIpc) is 3.58. The predicted molar refractivity (Wildman–Crippen MR) is 216 cm³/mol. The first-order valence-electron chi connectivity index (χ1n) is 17.8. The molecule has 52 heavy (non-hydrogen) atoms. The number of unbranched alkanes of at least 4 members (excludes halogenated alkanes) is 1. The van der Waals surface area contributed by atoms with E-state index < -0.39 is 0 Å². The molecule has 0 spiro atoms. The van der Waals surface area contributed by atoms with Gasteiger partial charge in [-0.25, -0.2) is 0 Å². The molecule has 272 valence electrons. The smallest absolute Gasteiger partial charge is 0.224 e. The van der Waals surface area contributed by atoms with Crippen LogP contribution in [-0.4, -0.2) is 40.1 Å². The molecule has 0 fully saturated rings. The molecule has 0 aliphatic rings. The molecule has 1 amide bonds. The van der Waals surface area contributed by atoms with Crippen LogP contribution in [0.2, 0.25) is 0 Å². The minimum Gasteiger partial charge on any atom is -0.493 e. The molecule has 0 aliphatic heterocycles. The first-order valence-corrected chi connectivity index (χ1v) is 18.6. The third-order valence-electron chi connectivity index (χ3n) is 9.00. The highest BCUT2D eigenvalue weighted by Crippen LogP contribution is 2.45. The molecular weight excluding hydrogens is 738 g/mol. The second kappa shape index (κ2) is 18.9. The Balaban J connectivity index is 0.00000523. The van der Waals surface area contributed by atoms with Crippen LogP contribution in [0.1, 0.15) is 50.8 Å². The standard InChI is InChI=1S/C42H46BrN5O3.ClH/c1-29(2)22-24-50-38-20-16-31-9-3-5-12-36(31)41(38)42-37-13-6-4-10-32(37)17-21-39(42)51-28-35-27-48(47-46-35)26-34(11-7-8-23-44)45-40(49)25-30-14-18-33(43)19-15-30;/h3-6,9-10,12-21,27,29,34H,7-8,11,22-26,28,44H2,1-2H3,(H,45,49);1H/t34-;/m1./s1. The molecule has 1 atom stereocenters. The summed E-state index contributed by atoms with van der Waals surface area (Å²) in [5.41, 5.74) is 9.44. The third kappa shape index (κ3) is 10.1. The third-order valence-corrected chi connectivity index (χ3v) is 9.53. The lowest BCUT2D eigenvalue weighted by Gasteiger charge is -2.20. The first-order chi connectivity index (χ1) is 24.9. The molecule has 5 aromatic carbocycles. The van der Waals surface area contributed by atoms with Crippen molar-refractivity contribution in [1.82, 2.24) is 20.3 Å². The van der Waals surface area contributed by atoms with E-state index in [1.54, 1.807) is 4.68 Å². The minimum atomic E-state index is -0.109. The summed E-state index contributed by atoms with van der Waals surface area (Å²) in [5, 5.41) is 16.5. The van der Waals surface area contributed by atoms with Crippen molar-refractivity contribution in [3.05, 3.63) is 119 Å². The minimum absolute atomic E-state index is 0. The Kier molecular flexibility index (Phi) is 14.1. The van der Waals surface area contributed by atoms with Crippen molar-refractivity contribution in [2.45, 2.75) is 65.1 Å². The number of carbonyl (C=O) groups is 1. The highest BCUT2D eigenvalue weighted by Gasteiger charge is 2.20. The van der Waals surface area contributed by atoms with Crippen molar-refractivity contribution in [3.8, 4) is 22.6 Å². The Morgan fingerprint density at radius 3 is 2.10 bits per heavy atom. The van der Waals surface area contributed by atoms with Crippen LogP contribution in [0.4, 0.5) is 0 Å². The lowest BCUT2D eigenvalue weighted by Crippen LogP contribution is -2.39. The van der Waals surface area contributed by atoms with E-state index in [0.29, 0.717) is 37.7 Å². The maximum Gasteiger partial charge on any atom is 0.224 e. The van der Waals surface area contributed by atoms with Crippen molar-refractivity contribution in [1.29, 1.82) is 0 Å². The fourth-order valence-corrected chi connectivity index (χ4v) is 6.61. The molecule has 0 bridgehead atoms. The second-order valence-corrected chi connectivity index (χ2v) is 14.3. The number of ether oxygens (including phenoxy) is 2. The number of nitrogens with two attached hydrogens (primary N) is 1. The molecule has 6 aromatic rings. The zero-order valence-electron chi connectivity index (χ0n) is 29.8. The van der Waals surface area contributed by atoms with Gasteiger partial charge >= 0.3 is 0 Å².